The second-order valence-corrected chi connectivity index (χ2v) is 9.15. The number of carbonyl (C=O) groups excluding carboxylic acids is 2. The number of carbonyl (C=O) groups is 2. The highest BCUT2D eigenvalue weighted by Crippen LogP contribution is 2.77. The molecule has 0 aromatic rings. The Labute approximate surface area is 162 Å². The molecule has 1 heterocycles. The van der Waals surface area contributed by atoms with Crippen molar-refractivity contribution in [3.8, 4) is 0 Å². The van der Waals surface area contributed by atoms with Crippen molar-refractivity contribution in [1.82, 2.24) is 5.06 Å². The Morgan fingerprint density at radius 3 is 1.78 bits per heavy atom. The van der Waals surface area contributed by atoms with Crippen molar-refractivity contribution in [1.29, 1.82) is 0 Å². The summed E-state index contributed by atoms with van der Waals surface area (Å²) in [5.74, 6) is -3.65. The average Bonchev–Trinajstić information content (AvgIpc) is 2.86. The van der Waals surface area contributed by atoms with E-state index in [-0.39, 0.29) is 16.2 Å². The van der Waals surface area contributed by atoms with Gasteiger partial charge in [-0.05, 0) is 13.3 Å². The standard InChI is InChI=1S/C13H11Cl6NO3/c1-3-4(2)23-20-9(21)5-6(10(20)22)12(17)8(15)7(14)11(5,16)13(12,18)19/h4-6H,3H2,1-2H3/t4-,5-,6+,11+,12+/m1/s1. The summed E-state index contributed by atoms with van der Waals surface area (Å²) in [6, 6.07) is 0. The molecular weight excluding hydrogens is 431 g/mol. The molecule has 0 spiro atoms. The molecule has 0 radical (unpaired) electrons. The van der Waals surface area contributed by atoms with E-state index in [1.54, 1.807) is 6.92 Å². The molecule has 10 heteroatoms. The van der Waals surface area contributed by atoms with E-state index in [1.165, 1.54) is 0 Å². The molecule has 0 unspecified atom stereocenters. The Morgan fingerprint density at radius 1 is 1.04 bits per heavy atom. The Bertz CT molecular complexity index is 606. The van der Waals surface area contributed by atoms with Crippen LogP contribution in [0.2, 0.25) is 0 Å². The molecule has 1 saturated carbocycles. The molecule has 2 aliphatic carbocycles. The molecule has 2 amide bonds. The summed E-state index contributed by atoms with van der Waals surface area (Å²) in [6.07, 6.45) is 0.242. The maximum atomic E-state index is 12.7. The Morgan fingerprint density at radius 2 is 1.43 bits per heavy atom. The van der Waals surface area contributed by atoms with Crippen molar-refractivity contribution < 1.29 is 14.4 Å². The van der Waals surface area contributed by atoms with Gasteiger partial charge in [0.2, 0.25) is 0 Å². The zero-order chi connectivity index (χ0) is 17.5. The van der Waals surface area contributed by atoms with Crippen LogP contribution in [0.3, 0.4) is 0 Å². The molecule has 4 nitrogen and oxygen atoms in total. The minimum absolute atomic E-state index is 0.117. The number of imide groups is 1. The lowest BCUT2D eigenvalue weighted by Crippen LogP contribution is -2.50. The molecule has 5 atom stereocenters. The number of hydrogen-bond donors (Lipinski definition) is 0. The van der Waals surface area contributed by atoms with Gasteiger partial charge in [-0.25, -0.2) is 0 Å². The summed E-state index contributed by atoms with van der Waals surface area (Å²) < 4.78 is -1.92. The quantitative estimate of drug-likeness (QED) is 0.488. The molecule has 3 rings (SSSR count). The van der Waals surface area contributed by atoms with Gasteiger partial charge in [-0.2, -0.15) is 5.06 Å². The fourth-order valence-corrected chi connectivity index (χ4v) is 6.26. The summed E-state index contributed by atoms with van der Waals surface area (Å²) in [7, 11) is 0. The first-order chi connectivity index (χ1) is 10.5. The second-order valence-electron chi connectivity index (χ2n) is 5.88. The van der Waals surface area contributed by atoms with E-state index in [9.17, 15) is 9.59 Å². The fraction of sp³-hybridized carbons (Fsp3) is 0.692. The van der Waals surface area contributed by atoms with Gasteiger partial charge in [0.05, 0.1) is 28.0 Å². The third-order valence-electron chi connectivity index (χ3n) is 4.73. The van der Waals surface area contributed by atoms with Gasteiger partial charge in [-0.15, -0.1) is 23.2 Å². The van der Waals surface area contributed by atoms with E-state index in [0.29, 0.717) is 11.5 Å². The summed E-state index contributed by atoms with van der Waals surface area (Å²) in [4.78, 5) is 27.3. The van der Waals surface area contributed by atoms with Crippen LogP contribution in [0.1, 0.15) is 20.3 Å². The average molecular weight is 442 g/mol. The van der Waals surface area contributed by atoms with Gasteiger partial charge in [0.25, 0.3) is 11.8 Å². The van der Waals surface area contributed by atoms with Crippen LogP contribution >= 0.6 is 69.6 Å². The van der Waals surface area contributed by atoms with Gasteiger partial charge in [0.15, 0.2) is 4.33 Å². The third-order valence-corrected chi connectivity index (χ3v) is 8.99. The lowest BCUT2D eigenvalue weighted by atomic mass is 9.84. The van der Waals surface area contributed by atoms with E-state index >= 15 is 0 Å². The zero-order valence-corrected chi connectivity index (χ0v) is 16.4. The van der Waals surface area contributed by atoms with E-state index in [4.69, 9.17) is 74.4 Å². The predicted molar refractivity (Wildman–Crippen MR) is 90.0 cm³/mol. The first-order valence-corrected chi connectivity index (χ1v) is 9.11. The van der Waals surface area contributed by atoms with Gasteiger partial charge < -0.3 is 0 Å². The van der Waals surface area contributed by atoms with Crippen molar-refractivity contribution in [2.75, 3.05) is 0 Å². The number of nitrogens with zero attached hydrogens (tertiary/aromatic N) is 1. The van der Waals surface area contributed by atoms with Gasteiger partial charge in [-0.3, -0.25) is 14.4 Å². The molecule has 0 aromatic heterocycles. The molecule has 0 N–H and O–H groups in total. The normalized spacial score (nSPS) is 42.7. The maximum absolute atomic E-state index is 12.7. The Balaban J connectivity index is 2.13. The van der Waals surface area contributed by atoms with Crippen LogP contribution in [0.4, 0.5) is 0 Å². The highest BCUT2D eigenvalue weighted by molar-refractivity contribution is 6.66. The topological polar surface area (TPSA) is 46.6 Å². The van der Waals surface area contributed by atoms with Crippen molar-refractivity contribution in [2.45, 2.75) is 40.5 Å². The molecule has 23 heavy (non-hydrogen) atoms. The SMILES string of the molecule is CC[C@@H](C)ON1C(=O)[C@@H]2[C@H](C1=O)[C@]1(Cl)C(Cl)=C(Cl)[C@]2(Cl)C1(Cl)Cl. The molecule has 1 saturated heterocycles. The predicted octanol–water partition coefficient (Wildman–Crippen LogP) is 4.16. The maximum Gasteiger partial charge on any atom is 0.259 e. The van der Waals surface area contributed by atoms with E-state index in [1.807, 2.05) is 6.92 Å². The summed E-state index contributed by atoms with van der Waals surface area (Å²) >= 11 is 38.1. The lowest BCUT2D eigenvalue weighted by molar-refractivity contribution is -0.203. The lowest BCUT2D eigenvalue weighted by Gasteiger charge is -2.34. The highest BCUT2D eigenvalue weighted by Gasteiger charge is 2.87. The van der Waals surface area contributed by atoms with Crippen molar-refractivity contribution in [2.24, 2.45) is 11.8 Å². The number of fused-ring (bicyclic) bond motifs is 5. The minimum Gasteiger partial charge on any atom is -0.272 e. The first kappa shape index (κ1) is 18.4. The van der Waals surface area contributed by atoms with Gasteiger partial charge in [0, 0.05) is 0 Å². The number of rotatable bonds is 3. The number of hydroxylamine groups is 2. The summed E-state index contributed by atoms with van der Waals surface area (Å²) in [6.45, 7) is 3.58. The van der Waals surface area contributed by atoms with Crippen LogP contribution in [0.5, 0.6) is 0 Å². The molecule has 128 valence electrons. The Hall–Kier alpha value is 0.580. The monoisotopic (exact) mass is 439 g/mol. The molecule has 0 aromatic carbocycles. The second kappa shape index (κ2) is 5.29. The van der Waals surface area contributed by atoms with Crippen molar-refractivity contribution in [3.05, 3.63) is 10.1 Å². The van der Waals surface area contributed by atoms with E-state index in [0.717, 1.165) is 0 Å². The van der Waals surface area contributed by atoms with Crippen LogP contribution in [-0.2, 0) is 14.4 Å². The van der Waals surface area contributed by atoms with Crippen molar-refractivity contribution in [3.63, 3.8) is 0 Å². The van der Waals surface area contributed by atoms with Gasteiger partial charge in [-0.1, -0.05) is 53.3 Å². The van der Waals surface area contributed by atoms with Crippen LogP contribution in [-0.4, -0.2) is 37.1 Å². The zero-order valence-electron chi connectivity index (χ0n) is 11.9. The van der Waals surface area contributed by atoms with E-state index in [2.05, 4.69) is 0 Å². The van der Waals surface area contributed by atoms with Crippen LogP contribution in [0, 0.1) is 11.8 Å². The highest BCUT2D eigenvalue weighted by atomic mass is 35.5. The largest absolute Gasteiger partial charge is 0.272 e. The van der Waals surface area contributed by atoms with E-state index < -0.39 is 37.7 Å². The molecule has 2 fully saturated rings. The number of hydrogen-bond acceptors (Lipinski definition) is 3. The van der Waals surface area contributed by atoms with Crippen LogP contribution in [0.15, 0.2) is 10.1 Å². The summed E-state index contributed by atoms with van der Waals surface area (Å²) in [5.41, 5.74) is 0. The van der Waals surface area contributed by atoms with Crippen molar-refractivity contribution >= 4 is 81.4 Å². The number of amides is 2. The van der Waals surface area contributed by atoms with Gasteiger partial charge >= 0.3 is 0 Å². The molecule has 3 aliphatic rings. The third kappa shape index (κ3) is 1.82. The van der Waals surface area contributed by atoms with Gasteiger partial charge in [0.1, 0.15) is 9.75 Å². The number of halogens is 6. The molecule has 1 aliphatic heterocycles. The molecule has 2 bridgehead atoms. The smallest absolute Gasteiger partial charge is 0.259 e. The summed E-state index contributed by atoms with van der Waals surface area (Å²) in [5, 5.41) is 0.447. The number of alkyl halides is 4. The number of allylic oxidation sites excluding steroid dienone is 2. The fourth-order valence-electron chi connectivity index (χ4n) is 3.33. The minimum atomic E-state index is -1.92. The Kier molecular flexibility index (Phi) is 4.23. The van der Waals surface area contributed by atoms with Crippen LogP contribution in [0.25, 0.3) is 0 Å². The van der Waals surface area contributed by atoms with Crippen LogP contribution < -0.4 is 0 Å². The first-order valence-electron chi connectivity index (χ1n) is 6.84. The molecular formula is C13H11Cl6NO3.